The predicted octanol–water partition coefficient (Wildman–Crippen LogP) is 2.65. The number of Topliss-reactive ketones (excluding diaryl/α,β-unsaturated/α-hetero) is 1. The van der Waals surface area contributed by atoms with Crippen LogP contribution in [0.5, 0.6) is 5.75 Å². The molecule has 1 saturated heterocycles. The Labute approximate surface area is 109 Å². The van der Waals surface area contributed by atoms with E-state index in [0.717, 1.165) is 24.3 Å². The number of benzene rings is 1. The Balaban J connectivity index is 2.15. The molecule has 3 heteroatoms. The summed E-state index contributed by atoms with van der Waals surface area (Å²) in [6, 6.07) is 7.78. The molecule has 1 heterocycles. The van der Waals surface area contributed by atoms with Gasteiger partial charge in [0.25, 0.3) is 0 Å². The van der Waals surface area contributed by atoms with E-state index in [4.69, 9.17) is 4.74 Å². The molecule has 1 N–H and O–H groups in total. The Kier molecular flexibility index (Phi) is 4.02. The van der Waals surface area contributed by atoms with Gasteiger partial charge in [-0.1, -0.05) is 12.1 Å². The fourth-order valence-electron chi connectivity index (χ4n) is 2.43. The minimum absolute atomic E-state index is 0.0966. The molecule has 98 valence electrons. The van der Waals surface area contributed by atoms with Crippen LogP contribution in [0.1, 0.15) is 37.6 Å². The standard InChI is InChI=1S/C15H21NO2/c1-10(2)18-13-6-4-5-12(9-13)15(17)14-7-8-16-11(14)3/h4-6,9-11,14,16H,7-8H2,1-3H3. The van der Waals surface area contributed by atoms with E-state index in [1.54, 1.807) is 0 Å². The highest BCUT2D eigenvalue weighted by molar-refractivity contribution is 5.98. The van der Waals surface area contributed by atoms with Crippen LogP contribution in [0.15, 0.2) is 24.3 Å². The van der Waals surface area contributed by atoms with Crippen LogP contribution in [-0.2, 0) is 0 Å². The third-order valence-electron chi connectivity index (χ3n) is 3.35. The van der Waals surface area contributed by atoms with E-state index in [1.165, 1.54) is 0 Å². The summed E-state index contributed by atoms with van der Waals surface area (Å²) in [4.78, 5) is 12.4. The maximum atomic E-state index is 12.4. The fraction of sp³-hybridized carbons (Fsp3) is 0.533. The monoisotopic (exact) mass is 247 g/mol. The Morgan fingerprint density at radius 1 is 1.44 bits per heavy atom. The summed E-state index contributed by atoms with van der Waals surface area (Å²) in [5, 5.41) is 3.31. The van der Waals surface area contributed by atoms with Crippen LogP contribution in [0.25, 0.3) is 0 Å². The Hall–Kier alpha value is -1.35. The molecule has 0 saturated carbocycles. The molecule has 0 aliphatic carbocycles. The lowest BCUT2D eigenvalue weighted by atomic mass is 9.92. The van der Waals surface area contributed by atoms with E-state index >= 15 is 0 Å². The SMILES string of the molecule is CC(C)Oc1cccc(C(=O)C2CCNC2C)c1. The number of ketones is 1. The van der Waals surface area contributed by atoms with E-state index in [9.17, 15) is 4.79 Å². The lowest BCUT2D eigenvalue weighted by molar-refractivity contribution is 0.0913. The third-order valence-corrected chi connectivity index (χ3v) is 3.35. The lowest BCUT2D eigenvalue weighted by Gasteiger charge is -2.15. The number of nitrogens with one attached hydrogen (secondary N) is 1. The van der Waals surface area contributed by atoms with Gasteiger partial charge in [0, 0.05) is 17.5 Å². The predicted molar refractivity (Wildman–Crippen MR) is 72.1 cm³/mol. The molecule has 1 aromatic rings. The topological polar surface area (TPSA) is 38.3 Å². The zero-order valence-corrected chi connectivity index (χ0v) is 11.3. The van der Waals surface area contributed by atoms with E-state index < -0.39 is 0 Å². The first-order valence-electron chi connectivity index (χ1n) is 6.62. The zero-order chi connectivity index (χ0) is 13.1. The second-order valence-corrected chi connectivity index (χ2v) is 5.20. The number of ether oxygens (including phenoxy) is 1. The zero-order valence-electron chi connectivity index (χ0n) is 11.3. The van der Waals surface area contributed by atoms with Crippen molar-refractivity contribution in [3.8, 4) is 5.75 Å². The van der Waals surface area contributed by atoms with Crippen LogP contribution in [0, 0.1) is 5.92 Å². The summed E-state index contributed by atoms with van der Waals surface area (Å²) in [5.74, 6) is 1.09. The van der Waals surface area contributed by atoms with Crippen molar-refractivity contribution in [3.63, 3.8) is 0 Å². The van der Waals surface area contributed by atoms with Crippen LogP contribution < -0.4 is 10.1 Å². The van der Waals surface area contributed by atoms with Crippen molar-refractivity contribution < 1.29 is 9.53 Å². The van der Waals surface area contributed by atoms with Crippen molar-refractivity contribution in [1.82, 2.24) is 5.32 Å². The van der Waals surface area contributed by atoms with Gasteiger partial charge in [0.15, 0.2) is 5.78 Å². The summed E-state index contributed by atoms with van der Waals surface area (Å²) < 4.78 is 5.63. The highest BCUT2D eigenvalue weighted by Gasteiger charge is 2.30. The molecule has 0 bridgehead atoms. The van der Waals surface area contributed by atoms with Crippen molar-refractivity contribution in [1.29, 1.82) is 0 Å². The van der Waals surface area contributed by atoms with Crippen LogP contribution in [0.3, 0.4) is 0 Å². The van der Waals surface area contributed by atoms with Crippen molar-refractivity contribution in [2.45, 2.75) is 39.3 Å². The Morgan fingerprint density at radius 3 is 2.83 bits per heavy atom. The average Bonchev–Trinajstić information content (AvgIpc) is 2.74. The first-order valence-corrected chi connectivity index (χ1v) is 6.62. The van der Waals surface area contributed by atoms with Gasteiger partial charge in [-0.25, -0.2) is 0 Å². The van der Waals surface area contributed by atoms with E-state index in [2.05, 4.69) is 12.2 Å². The molecule has 2 atom stereocenters. The highest BCUT2D eigenvalue weighted by Crippen LogP contribution is 2.23. The number of carbonyl (C=O) groups excluding carboxylic acids is 1. The molecule has 1 fully saturated rings. The molecule has 0 radical (unpaired) electrons. The van der Waals surface area contributed by atoms with Gasteiger partial charge in [0.2, 0.25) is 0 Å². The van der Waals surface area contributed by atoms with Crippen molar-refractivity contribution in [2.24, 2.45) is 5.92 Å². The van der Waals surface area contributed by atoms with Crippen molar-refractivity contribution >= 4 is 5.78 Å². The van der Waals surface area contributed by atoms with E-state index in [1.807, 2.05) is 38.1 Å². The van der Waals surface area contributed by atoms with Gasteiger partial charge >= 0.3 is 0 Å². The number of hydrogen-bond acceptors (Lipinski definition) is 3. The van der Waals surface area contributed by atoms with Gasteiger partial charge in [-0.3, -0.25) is 4.79 Å². The minimum atomic E-state index is 0.0966. The van der Waals surface area contributed by atoms with Crippen LogP contribution >= 0.6 is 0 Å². The largest absolute Gasteiger partial charge is 0.491 e. The molecule has 0 aromatic heterocycles. The summed E-state index contributed by atoms with van der Waals surface area (Å²) in [5.41, 5.74) is 0.758. The summed E-state index contributed by atoms with van der Waals surface area (Å²) in [7, 11) is 0. The molecular formula is C15H21NO2. The molecule has 2 rings (SSSR count). The van der Waals surface area contributed by atoms with Gasteiger partial charge < -0.3 is 10.1 Å². The molecule has 18 heavy (non-hydrogen) atoms. The maximum Gasteiger partial charge on any atom is 0.167 e. The van der Waals surface area contributed by atoms with E-state index in [-0.39, 0.29) is 23.8 Å². The molecule has 0 amide bonds. The molecule has 1 aliphatic heterocycles. The summed E-state index contributed by atoms with van der Waals surface area (Å²) >= 11 is 0. The van der Waals surface area contributed by atoms with Gasteiger partial charge in [0.1, 0.15) is 5.75 Å². The van der Waals surface area contributed by atoms with E-state index in [0.29, 0.717) is 0 Å². The molecule has 3 nitrogen and oxygen atoms in total. The second-order valence-electron chi connectivity index (χ2n) is 5.20. The first kappa shape index (κ1) is 13.1. The molecule has 1 aromatic carbocycles. The van der Waals surface area contributed by atoms with Crippen LogP contribution in [0.4, 0.5) is 0 Å². The second kappa shape index (κ2) is 5.53. The Morgan fingerprint density at radius 2 is 2.22 bits per heavy atom. The normalized spacial score (nSPS) is 23.3. The van der Waals surface area contributed by atoms with Gasteiger partial charge in [0.05, 0.1) is 6.10 Å². The molecular weight excluding hydrogens is 226 g/mol. The van der Waals surface area contributed by atoms with Gasteiger partial charge in [-0.2, -0.15) is 0 Å². The fourth-order valence-corrected chi connectivity index (χ4v) is 2.43. The molecule has 1 aliphatic rings. The number of carbonyl (C=O) groups is 1. The van der Waals surface area contributed by atoms with Gasteiger partial charge in [-0.15, -0.1) is 0 Å². The van der Waals surface area contributed by atoms with Crippen LogP contribution in [0.2, 0.25) is 0 Å². The average molecular weight is 247 g/mol. The first-order chi connectivity index (χ1) is 8.58. The molecule has 2 unspecified atom stereocenters. The summed E-state index contributed by atoms with van der Waals surface area (Å²) in [6.07, 6.45) is 1.05. The smallest absolute Gasteiger partial charge is 0.167 e. The number of hydrogen-bond donors (Lipinski definition) is 1. The number of rotatable bonds is 4. The van der Waals surface area contributed by atoms with Crippen molar-refractivity contribution in [3.05, 3.63) is 29.8 Å². The maximum absolute atomic E-state index is 12.4. The third kappa shape index (κ3) is 2.91. The van der Waals surface area contributed by atoms with Gasteiger partial charge in [-0.05, 0) is 45.9 Å². The lowest BCUT2D eigenvalue weighted by Crippen LogP contribution is -2.28. The highest BCUT2D eigenvalue weighted by atomic mass is 16.5. The Bertz CT molecular complexity index is 428. The minimum Gasteiger partial charge on any atom is -0.491 e. The van der Waals surface area contributed by atoms with Crippen molar-refractivity contribution in [2.75, 3.05) is 6.54 Å². The van der Waals surface area contributed by atoms with Crippen LogP contribution in [-0.4, -0.2) is 24.5 Å². The quantitative estimate of drug-likeness (QED) is 0.831. The summed E-state index contributed by atoms with van der Waals surface area (Å²) in [6.45, 7) is 6.97. The molecule has 0 spiro atoms.